The average Bonchev–Trinajstić information content (AvgIpc) is 3.15. The molecule has 0 unspecified atom stereocenters. The zero-order valence-corrected chi connectivity index (χ0v) is 19.6. The first kappa shape index (κ1) is 23.2. The fourth-order valence-corrected chi connectivity index (χ4v) is 5.94. The van der Waals surface area contributed by atoms with E-state index in [0.29, 0.717) is 13.0 Å². The van der Waals surface area contributed by atoms with Gasteiger partial charge in [0.05, 0.1) is 12.8 Å². The summed E-state index contributed by atoms with van der Waals surface area (Å²) in [6, 6.07) is 4.05. The molecule has 0 aromatic carbocycles. The van der Waals surface area contributed by atoms with Crippen LogP contribution in [-0.4, -0.2) is 66.9 Å². The van der Waals surface area contributed by atoms with Crippen LogP contribution in [0.15, 0.2) is 17.5 Å². The van der Waals surface area contributed by atoms with Gasteiger partial charge in [-0.1, -0.05) is 38.2 Å². The second-order valence-corrected chi connectivity index (χ2v) is 11.7. The van der Waals surface area contributed by atoms with E-state index in [4.69, 9.17) is 0 Å². The number of hydrogen-bond acceptors (Lipinski definition) is 5. The van der Waals surface area contributed by atoms with Gasteiger partial charge in [-0.05, 0) is 37.6 Å². The standard InChI is InChI=1S/C21H33N3O4S2/c1-21(20(26)22-17-9-6-4-3-5-7-10-17)16-23(30(2,27)28)15-19(25)24(21)13-12-18-11-8-14-29-18/h8,11,14,17H,3-7,9-10,12-13,15-16H2,1-2H3,(H,22,26)/t21-/m0/s1. The second kappa shape index (κ2) is 9.78. The third kappa shape index (κ3) is 5.62. The molecule has 1 atom stereocenters. The molecule has 168 valence electrons. The molecule has 0 spiro atoms. The molecule has 1 saturated carbocycles. The first-order valence-electron chi connectivity index (χ1n) is 10.8. The lowest BCUT2D eigenvalue weighted by Crippen LogP contribution is -2.70. The van der Waals surface area contributed by atoms with Crippen molar-refractivity contribution in [2.45, 2.75) is 69.9 Å². The Morgan fingerprint density at radius 3 is 2.50 bits per heavy atom. The average molecular weight is 456 g/mol. The van der Waals surface area contributed by atoms with E-state index in [-0.39, 0.29) is 30.9 Å². The molecule has 1 aliphatic carbocycles. The van der Waals surface area contributed by atoms with Crippen LogP contribution in [0.4, 0.5) is 0 Å². The minimum atomic E-state index is -3.58. The molecule has 1 aromatic heterocycles. The van der Waals surface area contributed by atoms with Crippen molar-refractivity contribution in [1.82, 2.24) is 14.5 Å². The van der Waals surface area contributed by atoms with Crippen molar-refractivity contribution in [2.75, 3.05) is 25.9 Å². The molecule has 9 heteroatoms. The van der Waals surface area contributed by atoms with Crippen LogP contribution >= 0.6 is 11.3 Å². The maximum atomic E-state index is 13.5. The summed E-state index contributed by atoms with van der Waals surface area (Å²) >= 11 is 1.61. The van der Waals surface area contributed by atoms with Crippen LogP contribution in [-0.2, 0) is 26.0 Å². The third-order valence-corrected chi connectivity index (χ3v) is 8.39. The number of sulfonamides is 1. The van der Waals surface area contributed by atoms with Gasteiger partial charge in [0.2, 0.25) is 21.8 Å². The Labute approximate surface area is 183 Å². The van der Waals surface area contributed by atoms with E-state index in [1.807, 2.05) is 17.5 Å². The second-order valence-electron chi connectivity index (χ2n) is 8.70. The smallest absolute Gasteiger partial charge is 0.247 e. The highest BCUT2D eigenvalue weighted by Crippen LogP contribution is 2.27. The van der Waals surface area contributed by atoms with Gasteiger partial charge in [0, 0.05) is 24.0 Å². The third-order valence-electron chi connectivity index (χ3n) is 6.25. The summed E-state index contributed by atoms with van der Waals surface area (Å²) in [5, 5.41) is 5.15. The van der Waals surface area contributed by atoms with E-state index in [1.165, 1.54) is 19.3 Å². The number of carbonyl (C=O) groups excluding carboxylic acids is 2. The van der Waals surface area contributed by atoms with Crippen molar-refractivity contribution >= 4 is 33.2 Å². The highest BCUT2D eigenvalue weighted by molar-refractivity contribution is 7.88. The van der Waals surface area contributed by atoms with Gasteiger partial charge in [-0.25, -0.2) is 8.42 Å². The van der Waals surface area contributed by atoms with Crippen molar-refractivity contribution in [1.29, 1.82) is 0 Å². The predicted octanol–water partition coefficient (Wildman–Crippen LogP) is 2.38. The maximum Gasteiger partial charge on any atom is 0.247 e. The summed E-state index contributed by atoms with van der Waals surface area (Å²) in [5.41, 5.74) is -1.22. The maximum absolute atomic E-state index is 13.5. The quantitative estimate of drug-likeness (QED) is 0.714. The van der Waals surface area contributed by atoms with Gasteiger partial charge in [-0.15, -0.1) is 11.3 Å². The summed E-state index contributed by atoms with van der Waals surface area (Å²) in [5.74, 6) is -0.570. The zero-order valence-electron chi connectivity index (χ0n) is 17.9. The lowest BCUT2D eigenvalue weighted by atomic mass is 9.92. The highest BCUT2D eigenvalue weighted by atomic mass is 32.2. The number of nitrogens with zero attached hydrogens (tertiary/aromatic N) is 2. The molecule has 30 heavy (non-hydrogen) atoms. The summed E-state index contributed by atoms with van der Waals surface area (Å²) < 4.78 is 25.5. The summed E-state index contributed by atoms with van der Waals surface area (Å²) in [7, 11) is -3.58. The number of carbonyl (C=O) groups is 2. The van der Waals surface area contributed by atoms with Gasteiger partial charge in [0.25, 0.3) is 0 Å². The van der Waals surface area contributed by atoms with Crippen LogP contribution in [0.1, 0.15) is 56.7 Å². The molecule has 1 saturated heterocycles. The molecule has 1 N–H and O–H groups in total. The molecular weight excluding hydrogens is 422 g/mol. The number of nitrogens with one attached hydrogen (secondary N) is 1. The molecule has 1 aromatic rings. The van der Waals surface area contributed by atoms with Crippen molar-refractivity contribution in [3.05, 3.63) is 22.4 Å². The first-order chi connectivity index (χ1) is 14.2. The van der Waals surface area contributed by atoms with E-state index in [0.717, 1.165) is 41.1 Å². The van der Waals surface area contributed by atoms with Crippen LogP contribution in [0, 0.1) is 0 Å². The SMILES string of the molecule is C[C@@]1(C(=O)NC2CCCCCCC2)CN(S(C)(=O)=O)CC(=O)N1CCc1cccs1. The van der Waals surface area contributed by atoms with Crippen LogP contribution in [0.2, 0.25) is 0 Å². The number of amides is 2. The number of hydrogen-bond donors (Lipinski definition) is 1. The Bertz CT molecular complexity index is 832. The molecule has 2 heterocycles. The molecule has 2 amide bonds. The normalized spacial score (nSPS) is 25.0. The Kier molecular flexibility index (Phi) is 7.57. The minimum absolute atomic E-state index is 0.0133. The summed E-state index contributed by atoms with van der Waals surface area (Å²) in [6.07, 6.45) is 9.36. The highest BCUT2D eigenvalue weighted by Gasteiger charge is 2.49. The lowest BCUT2D eigenvalue weighted by molar-refractivity contribution is -0.153. The molecule has 3 rings (SSSR count). The van der Waals surface area contributed by atoms with E-state index < -0.39 is 15.6 Å². The topological polar surface area (TPSA) is 86.8 Å². The van der Waals surface area contributed by atoms with Gasteiger partial charge in [0.1, 0.15) is 5.54 Å². The van der Waals surface area contributed by atoms with Crippen LogP contribution < -0.4 is 5.32 Å². The van der Waals surface area contributed by atoms with E-state index in [1.54, 1.807) is 23.2 Å². The molecule has 2 fully saturated rings. The summed E-state index contributed by atoms with van der Waals surface area (Å²) in [6.45, 7) is 1.87. The monoisotopic (exact) mass is 455 g/mol. The lowest BCUT2D eigenvalue weighted by Gasteiger charge is -2.47. The molecule has 2 aliphatic rings. The molecular formula is C21H33N3O4S2. The van der Waals surface area contributed by atoms with Gasteiger partial charge >= 0.3 is 0 Å². The number of rotatable bonds is 6. The van der Waals surface area contributed by atoms with Gasteiger partial charge in [0.15, 0.2) is 0 Å². The molecule has 0 radical (unpaired) electrons. The van der Waals surface area contributed by atoms with Crippen LogP contribution in [0.3, 0.4) is 0 Å². The van der Waals surface area contributed by atoms with E-state index >= 15 is 0 Å². The van der Waals surface area contributed by atoms with Crippen molar-refractivity contribution in [3.8, 4) is 0 Å². The van der Waals surface area contributed by atoms with E-state index in [2.05, 4.69) is 5.32 Å². The predicted molar refractivity (Wildman–Crippen MR) is 119 cm³/mol. The van der Waals surface area contributed by atoms with Crippen LogP contribution in [0.5, 0.6) is 0 Å². The van der Waals surface area contributed by atoms with Gasteiger partial charge in [-0.2, -0.15) is 4.31 Å². The van der Waals surface area contributed by atoms with Crippen molar-refractivity contribution in [2.24, 2.45) is 0 Å². The van der Waals surface area contributed by atoms with Gasteiger partial charge < -0.3 is 10.2 Å². The Balaban J connectivity index is 1.80. The Hall–Kier alpha value is -1.45. The summed E-state index contributed by atoms with van der Waals surface area (Å²) in [4.78, 5) is 29.1. The fraction of sp³-hybridized carbons (Fsp3) is 0.714. The van der Waals surface area contributed by atoms with Gasteiger partial charge in [-0.3, -0.25) is 9.59 Å². The van der Waals surface area contributed by atoms with E-state index in [9.17, 15) is 18.0 Å². The Morgan fingerprint density at radius 1 is 1.23 bits per heavy atom. The molecule has 1 aliphatic heterocycles. The zero-order chi connectivity index (χ0) is 21.8. The fourth-order valence-electron chi connectivity index (χ4n) is 4.41. The first-order valence-corrected chi connectivity index (χ1v) is 13.5. The Morgan fingerprint density at radius 2 is 1.90 bits per heavy atom. The minimum Gasteiger partial charge on any atom is -0.351 e. The molecule has 7 nitrogen and oxygen atoms in total. The van der Waals surface area contributed by atoms with Crippen molar-refractivity contribution in [3.63, 3.8) is 0 Å². The number of thiophene rings is 1. The number of piperazine rings is 1. The largest absolute Gasteiger partial charge is 0.351 e. The van der Waals surface area contributed by atoms with Crippen molar-refractivity contribution < 1.29 is 18.0 Å². The van der Waals surface area contributed by atoms with Crippen LogP contribution in [0.25, 0.3) is 0 Å². The molecule has 0 bridgehead atoms.